The molecular weight excluding hydrogens is 336 g/mol. The predicted molar refractivity (Wildman–Crippen MR) is 52.5 cm³/mol. The van der Waals surface area contributed by atoms with Gasteiger partial charge in [0.15, 0.2) is 0 Å². The molecule has 2 unspecified atom stereocenters. The number of rotatable bonds is 2. The van der Waals surface area contributed by atoms with E-state index in [9.17, 15) is 19.8 Å². The van der Waals surface area contributed by atoms with Gasteiger partial charge in [-0.3, -0.25) is 0 Å². The SMILES string of the molecule is CC(Br)C(=O)[O-].CC(Br)C(=O)[O-].[Ca+2]. The number of alkyl halides is 2. The molecule has 0 amide bonds. The topological polar surface area (TPSA) is 80.3 Å². The average Bonchev–Trinajstić information content (AvgIpc) is 1.88. The molecule has 0 saturated heterocycles. The Labute approximate surface area is 123 Å². The van der Waals surface area contributed by atoms with Gasteiger partial charge in [-0.2, -0.15) is 0 Å². The molecule has 72 valence electrons. The quantitative estimate of drug-likeness (QED) is 0.459. The summed E-state index contributed by atoms with van der Waals surface area (Å²) in [6.07, 6.45) is 0. The first-order valence-corrected chi connectivity index (χ1v) is 4.82. The molecule has 0 heterocycles. The van der Waals surface area contributed by atoms with Crippen LogP contribution in [0.3, 0.4) is 0 Å². The van der Waals surface area contributed by atoms with E-state index in [0.29, 0.717) is 0 Å². The van der Waals surface area contributed by atoms with E-state index in [1.165, 1.54) is 13.8 Å². The van der Waals surface area contributed by atoms with Crippen molar-refractivity contribution in [3.8, 4) is 0 Å². The van der Waals surface area contributed by atoms with Crippen molar-refractivity contribution in [2.24, 2.45) is 0 Å². The first-order chi connectivity index (χ1) is 5.29. The molecule has 0 aromatic carbocycles. The molecule has 0 N–H and O–H groups in total. The molecular formula is C6H8Br2CaO4. The predicted octanol–water partition coefficient (Wildman–Crippen LogP) is -1.34. The van der Waals surface area contributed by atoms with Crippen LogP contribution in [0, 0.1) is 0 Å². The van der Waals surface area contributed by atoms with Crippen LogP contribution in [-0.2, 0) is 9.59 Å². The fourth-order valence-corrected chi connectivity index (χ4v) is 0. The Hall–Kier alpha value is 1.16. The molecule has 0 rings (SSSR count). The van der Waals surface area contributed by atoms with Crippen molar-refractivity contribution in [3.05, 3.63) is 0 Å². The minimum atomic E-state index is -1.07. The van der Waals surface area contributed by atoms with E-state index >= 15 is 0 Å². The number of hydrogen-bond donors (Lipinski definition) is 0. The number of aliphatic carboxylic acids is 2. The van der Waals surface area contributed by atoms with Crippen LogP contribution in [-0.4, -0.2) is 59.3 Å². The largest absolute Gasteiger partial charge is 2.00 e. The Kier molecular flexibility index (Phi) is 17.0. The van der Waals surface area contributed by atoms with E-state index in [4.69, 9.17) is 0 Å². The first-order valence-electron chi connectivity index (χ1n) is 2.98. The molecule has 0 saturated carbocycles. The van der Waals surface area contributed by atoms with Crippen LogP contribution in [0.4, 0.5) is 0 Å². The molecule has 7 heteroatoms. The molecule has 0 aliphatic carbocycles. The van der Waals surface area contributed by atoms with Gasteiger partial charge < -0.3 is 19.8 Å². The van der Waals surface area contributed by atoms with Gasteiger partial charge in [0.2, 0.25) is 0 Å². The zero-order valence-corrected chi connectivity index (χ0v) is 12.6. The van der Waals surface area contributed by atoms with Crippen LogP contribution in [0.15, 0.2) is 0 Å². The molecule has 0 aliphatic heterocycles. The average molecular weight is 344 g/mol. The third kappa shape index (κ3) is 19.5. The molecule has 0 aliphatic rings. The molecule has 0 radical (unpaired) electrons. The third-order valence-electron chi connectivity index (χ3n) is 0.650. The van der Waals surface area contributed by atoms with Gasteiger partial charge in [-0.05, 0) is 13.8 Å². The number of carbonyl (C=O) groups excluding carboxylic acids is 2. The van der Waals surface area contributed by atoms with E-state index in [1.807, 2.05) is 0 Å². The van der Waals surface area contributed by atoms with Gasteiger partial charge in [0, 0.05) is 0 Å². The molecule has 0 bridgehead atoms. The summed E-state index contributed by atoms with van der Waals surface area (Å²) in [6.45, 7) is 2.99. The molecule has 4 nitrogen and oxygen atoms in total. The van der Waals surface area contributed by atoms with Crippen LogP contribution < -0.4 is 10.2 Å². The smallest absolute Gasteiger partial charge is 0.549 e. The van der Waals surface area contributed by atoms with Crippen LogP contribution >= 0.6 is 31.9 Å². The summed E-state index contributed by atoms with van der Waals surface area (Å²) in [5.74, 6) is -2.15. The normalized spacial score (nSPS) is 12.6. The molecule has 2 atom stereocenters. The van der Waals surface area contributed by atoms with Gasteiger partial charge in [0.1, 0.15) is 0 Å². The van der Waals surface area contributed by atoms with Crippen molar-refractivity contribution in [3.63, 3.8) is 0 Å². The molecule has 0 aromatic heterocycles. The summed E-state index contributed by atoms with van der Waals surface area (Å²) < 4.78 is 0. The maximum absolute atomic E-state index is 9.54. The Morgan fingerprint density at radius 1 is 1.00 bits per heavy atom. The van der Waals surface area contributed by atoms with Crippen molar-refractivity contribution < 1.29 is 19.8 Å². The van der Waals surface area contributed by atoms with E-state index in [-0.39, 0.29) is 37.7 Å². The van der Waals surface area contributed by atoms with Crippen LogP contribution in [0.25, 0.3) is 0 Å². The fourth-order valence-electron chi connectivity index (χ4n) is 0. The molecule has 0 aromatic rings. The van der Waals surface area contributed by atoms with Crippen molar-refractivity contribution >= 4 is 81.5 Å². The van der Waals surface area contributed by atoms with Crippen molar-refractivity contribution in [2.75, 3.05) is 0 Å². The maximum Gasteiger partial charge on any atom is 2.00 e. The zero-order valence-electron chi connectivity index (χ0n) is 7.25. The summed E-state index contributed by atoms with van der Waals surface area (Å²) in [4.78, 5) is 18.0. The Balaban J connectivity index is -0.000000143. The molecule has 0 fully saturated rings. The Morgan fingerprint density at radius 3 is 1.08 bits per heavy atom. The van der Waals surface area contributed by atoms with Gasteiger partial charge in [0.05, 0.1) is 21.6 Å². The van der Waals surface area contributed by atoms with E-state index < -0.39 is 21.6 Å². The number of hydrogen-bond acceptors (Lipinski definition) is 4. The van der Waals surface area contributed by atoms with Crippen molar-refractivity contribution in [2.45, 2.75) is 23.5 Å². The van der Waals surface area contributed by atoms with Crippen LogP contribution in [0.5, 0.6) is 0 Å². The Morgan fingerprint density at radius 2 is 1.08 bits per heavy atom. The van der Waals surface area contributed by atoms with E-state index in [2.05, 4.69) is 31.9 Å². The summed E-state index contributed by atoms with van der Waals surface area (Å²) >= 11 is 5.55. The fraction of sp³-hybridized carbons (Fsp3) is 0.667. The van der Waals surface area contributed by atoms with Crippen molar-refractivity contribution in [1.29, 1.82) is 0 Å². The number of carboxylic acid groups (broad SMARTS) is 2. The molecule has 0 spiro atoms. The zero-order chi connectivity index (χ0) is 10.3. The summed E-state index contributed by atoms with van der Waals surface area (Å²) in [7, 11) is 0. The summed E-state index contributed by atoms with van der Waals surface area (Å²) in [6, 6.07) is 0. The Bertz CT molecular complexity index is 143. The van der Waals surface area contributed by atoms with Gasteiger partial charge in [-0.25, -0.2) is 0 Å². The number of carbonyl (C=O) groups is 2. The molecule has 13 heavy (non-hydrogen) atoms. The second kappa shape index (κ2) is 11.2. The van der Waals surface area contributed by atoms with E-state index in [0.717, 1.165) is 0 Å². The van der Waals surface area contributed by atoms with Gasteiger partial charge >= 0.3 is 37.7 Å². The summed E-state index contributed by atoms with van der Waals surface area (Å²) in [5.41, 5.74) is 0. The van der Waals surface area contributed by atoms with Crippen molar-refractivity contribution in [1.82, 2.24) is 0 Å². The summed E-state index contributed by atoms with van der Waals surface area (Å²) in [5, 5.41) is 19.1. The second-order valence-corrected chi connectivity index (χ2v) is 4.62. The van der Waals surface area contributed by atoms with Gasteiger partial charge in [-0.1, -0.05) is 31.9 Å². The standard InChI is InChI=1S/2C3H5BrO2.Ca/c2*1-2(4)3(5)6;/h2*2H,1H3,(H,5,6);/q;;+2/p-2. The van der Waals surface area contributed by atoms with Gasteiger partial charge in [0.25, 0.3) is 0 Å². The monoisotopic (exact) mass is 342 g/mol. The van der Waals surface area contributed by atoms with Crippen LogP contribution in [0.1, 0.15) is 13.8 Å². The number of carboxylic acids is 2. The minimum absolute atomic E-state index is 0. The first kappa shape index (κ1) is 19.7. The van der Waals surface area contributed by atoms with Crippen LogP contribution in [0.2, 0.25) is 0 Å². The second-order valence-electron chi connectivity index (χ2n) is 1.87. The maximum atomic E-state index is 9.54. The number of halogens is 2. The third-order valence-corrected chi connectivity index (χ3v) is 1.40. The van der Waals surface area contributed by atoms with Gasteiger partial charge in [-0.15, -0.1) is 0 Å². The van der Waals surface area contributed by atoms with E-state index in [1.54, 1.807) is 0 Å². The minimum Gasteiger partial charge on any atom is -0.549 e.